The molecule has 0 amide bonds. The molecular formula is C42H58N2O5. The van der Waals surface area contributed by atoms with Crippen molar-refractivity contribution in [3.05, 3.63) is 83.9 Å². The van der Waals surface area contributed by atoms with Crippen LogP contribution in [0.4, 0.5) is 11.4 Å². The van der Waals surface area contributed by atoms with Gasteiger partial charge >= 0.3 is 5.97 Å². The first-order chi connectivity index (χ1) is 24.0. The van der Waals surface area contributed by atoms with Crippen molar-refractivity contribution in [1.82, 2.24) is 0 Å². The van der Waals surface area contributed by atoms with Gasteiger partial charge in [-0.2, -0.15) is 10.2 Å². The van der Waals surface area contributed by atoms with Crippen LogP contribution in [0, 0.1) is 0 Å². The molecule has 3 aromatic carbocycles. The van der Waals surface area contributed by atoms with Gasteiger partial charge in [0.15, 0.2) is 5.78 Å². The summed E-state index contributed by atoms with van der Waals surface area (Å²) in [6.07, 6.45) is 19.5. The summed E-state index contributed by atoms with van der Waals surface area (Å²) in [7, 11) is 0. The van der Waals surface area contributed by atoms with Gasteiger partial charge in [-0.1, -0.05) is 116 Å². The predicted molar refractivity (Wildman–Crippen MR) is 199 cm³/mol. The van der Waals surface area contributed by atoms with E-state index in [0.717, 1.165) is 37.3 Å². The van der Waals surface area contributed by atoms with E-state index in [1.165, 1.54) is 83.5 Å². The molecule has 0 spiro atoms. The summed E-state index contributed by atoms with van der Waals surface area (Å²) in [5, 5.41) is 8.58. The largest absolute Gasteiger partial charge is 0.494 e. The highest BCUT2D eigenvalue weighted by atomic mass is 16.5. The predicted octanol–water partition coefficient (Wildman–Crippen LogP) is 12.6. The number of esters is 1. The van der Waals surface area contributed by atoms with Gasteiger partial charge < -0.3 is 14.2 Å². The van der Waals surface area contributed by atoms with Crippen LogP contribution in [0.3, 0.4) is 0 Å². The van der Waals surface area contributed by atoms with Crippen LogP contribution in [0.1, 0.15) is 144 Å². The molecular weight excluding hydrogens is 612 g/mol. The number of ether oxygens (including phenoxy) is 3. The fraction of sp³-hybridized carbons (Fsp3) is 0.524. The molecule has 0 radical (unpaired) electrons. The first-order valence-electron chi connectivity index (χ1n) is 18.7. The lowest BCUT2D eigenvalue weighted by Crippen LogP contribution is -2.21. The van der Waals surface area contributed by atoms with Crippen LogP contribution in [-0.2, 0) is 4.74 Å². The zero-order valence-corrected chi connectivity index (χ0v) is 30.2. The summed E-state index contributed by atoms with van der Waals surface area (Å²) >= 11 is 0. The van der Waals surface area contributed by atoms with Crippen LogP contribution in [0.5, 0.6) is 11.5 Å². The molecule has 3 rings (SSSR count). The normalized spacial score (nSPS) is 11.9. The second kappa shape index (κ2) is 24.3. The lowest BCUT2D eigenvalue weighted by Gasteiger charge is -2.12. The summed E-state index contributed by atoms with van der Waals surface area (Å²) in [6, 6.07) is 20.9. The lowest BCUT2D eigenvalue weighted by atomic mass is 10.0. The zero-order chi connectivity index (χ0) is 34.9. The third-order valence-corrected chi connectivity index (χ3v) is 8.57. The van der Waals surface area contributed by atoms with Crippen molar-refractivity contribution < 1.29 is 23.8 Å². The van der Waals surface area contributed by atoms with Crippen molar-refractivity contribution >= 4 is 23.1 Å². The number of rotatable bonds is 26. The van der Waals surface area contributed by atoms with Crippen LogP contribution in [0.15, 0.2) is 83.0 Å². The molecule has 266 valence electrons. The van der Waals surface area contributed by atoms with E-state index in [0.29, 0.717) is 29.2 Å². The number of Topliss-reactive ketones (excluding diaryl/α,β-unsaturated/α-hetero) is 1. The molecule has 0 N–H and O–H groups in total. The van der Waals surface area contributed by atoms with Gasteiger partial charge in [-0.15, -0.1) is 0 Å². The maximum atomic E-state index is 12.8. The number of carbonyl (C=O) groups is 2. The van der Waals surface area contributed by atoms with Crippen molar-refractivity contribution in [2.75, 3.05) is 13.2 Å². The van der Waals surface area contributed by atoms with E-state index >= 15 is 0 Å². The Morgan fingerprint density at radius 3 is 1.47 bits per heavy atom. The number of hydrogen-bond donors (Lipinski definition) is 0. The molecule has 0 aliphatic rings. The minimum Gasteiger partial charge on any atom is -0.494 e. The highest BCUT2D eigenvalue weighted by Gasteiger charge is 2.17. The Hall–Kier alpha value is -3.84. The fourth-order valence-electron chi connectivity index (χ4n) is 5.47. The first-order valence-corrected chi connectivity index (χ1v) is 18.7. The standard InChI is InChI=1S/C42H58N2O5/c1-4-6-8-10-12-13-14-15-17-18-32-47-34(3)41(45)35-20-22-36(23-21-35)42(46)49-40-30-26-38(27-31-40)44-43-37-24-28-39(29-25-37)48-33-19-16-11-9-7-5-2/h20-31,34H,4-19,32-33H2,1-3H3/t34-/m1/s1. The summed E-state index contributed by atoms with van der Waals surface area (Å²) in [6.45, 7) is 7.57. The highest BCUT2D eigenvalue weighted by molar-refractivity contribution is 6.00. The van der Waals surface area contributed by atoms with Gasteiger partial charge in [0, 0.05) is 12.2 Å². The number of unbranched alkanes of at least 4 members (excludes halogenated alkanes) is 14. The van der Waals surface area contributed by atoms with Gasteiger partial charge in [0.1, 0.15) is 17.6 Å². The Balaban J connectivity index is 1.34. The first kappa shape index (κ1) is 39.6. The van der Waals surface area contributed by atoms with Gasteiger partial charge in [0.05, 0.1) is 23.5 Å². The van der Waals surface area contributed by atoms with Crippen LogP contribution in [-0.4, -0.2) is 31.1 Å². The van der Waals surface area contributed by atoms with E-state index in [1.54, 1.807) is 55.5 Å². The van der Waals surface area contributed by atoms with Crippen molar-refractivity contribution in [1.29, 1.82) is 0 Å². The molecule has 0 aliphatic carbocycles. The van der Waals surface area contributed by atoms with E-state index in [9.17, 15) is 9.59 Å². The van der Waals surface area contributed by atoms with Gasteiger partial charge in [-0.3, -0.25) is 4.79 Å². The Kier molecular flexibility index (Phi) is 19.7. The highest BCUT2D eigenvalue weighted by Crippen LogP contribution is 2.24. The van der Waals surface area contributed by atoms with Crippen molar-refractivity contribution in [3.8, 4) is 11.5 Å². The van der Waals surface area contributed by atoms with Crippen LogP contribution < -0.4 is 9.47 Å². The second-order valence-corrected chi connectivity index (χ2v) is 12.8. The molecule has 0 unspecified atom stereocenters. The zero-order valence-electron chi connectivity index (χ0n) is 30.2. The van der Waals surface area contributed by atoms with Crippen molar-refractivity contribution in [2.24, 2.45) is 10.2 Å². The maximum absolute atomic E-state index is 12.8. The molecule has 0 aromatic heterocycles. The third kappa shape index (κ3) is 16.4. The number of azo groups is 1. The molecule has 1 atom stereocenters. The molecule has 0 saturated carbocycles. The average molecular weight is 671 g/mol. The van der Waals surface area contributed by atoms with Crippen molar-refractivity contribution in [2.45, 2.75) is 130 Å². The van der Waals surface area contributed by atoms with Gasteiger partial charge in [-0.25, -0.2) is 4.79 Å². The molecule has 0 fully saturated rings. The second-order valence-electron chi connectivity index (χ2n) is 12.8. The molecule has 7 heteroatoms. The Morgan fingerprint density at radius 2 is 0.959 bits per heavy atom. The Morgan fingerprint density at radius 1 is 0.531 bits per heavy atom. The number of carbonyl (C=O) groups excluding carboxylic acids is 2. The van der Waals surface area contributed by atoms with E-state index in [1.807, 2.05) is 24.3 Å². The molecule has 0 aliphatic heterocycles. The lowest BCUT2D eigenvalue weighted by molar-refractivity contribution is 0.0463. The van der Waals surface area contributed by atoms with E-state index in [2.05, 4.69) is 24.1 Å². The van der Waals surface area contributed by atoms with E-state index < -0.39 is 12.1 Å². The number of nitrogens with zero attached hydrogens (tertiary/aromatic N) is 2. The molecule has 0 heterocycles. The SMILES string of the molecule is CCCCCCCCCCCCO[C@H](C)C(=O)c1ccc(C(=O)Oc2ccc(N=Nc3ccc(OCCCCCCCC)cc3)cc2)cc1. The number of benzene rings is 3. The van der Waals surface area contributed by atoms with Crippen LogP contribution in [0.2, 0.25) is 0 Å². The average Bonchev–Trinajstić information content (AvgIpc) is 3.13. The summed E-state index contributed by atoms with van der Waals surface area (Å²) < 4.78 is 17.2. The Bertz CT molecular complexity index is 1350. The minimum absolute atomic E-state index is 0.0930. The fourth-order valence-corrected chi connectivity index (χ4v) is 5.47. The van der Waals surface area contributed by atoms with E-state index in [-0.39, 0.29) is 5.78 Å². The van der Waals surface area contributed by atoms with Crippen LogP contribution in [0.25, 0.3) is 0 Å². The van der Waals surface area contributed by atoms with E-state index in [4.69, 9.17) is 14.2 Å². The molecule has 0 saturated heterocycles. The summed E-state index contributed by atoms with van der Waals surface area (Å²) in [5.41, 5.74) is 2.23. The third-order valence-electron chi connectivity index (χ3n) is 8.57. The molecule has 3 aromatic rings. The monoisotopic (exact) mass is 670 g/mol. The number of ketones is 1. The van der Waals surface area contributed by atoms with Gasteiger partial charge in [0.25, 0.3) is 0 Å². The molecule has 0 bridgehead atoms. The smallest absolute Gasteiger partial charge is 0.343 e. The Labute approximate surface area is 294 Å². The summed E-state index contributed by atoms with van der Waals surface area (Å²) in [5.74, 6) is 0.630. The molecule has 49 heavy (non-hydrogen) atoms. The maximum Gasteiger partial charge on any atom is 0.343 e. The van der Waals surface area contributed by atoms with Gasteiger partial charge in [-0.05, 0) is 80.4 Å². The quantitative estimate of drug-likeness (QED) is 0.0279. The topological polar surface area (TPSA) is 86.6 Å². The van der Waals surface area contributed by atoms with Crippen molar-refractivity contribution in [3.63, 3.8) is 0 Å². The minimum atomic E-state index is -0.528. The summed E-state index contributed by atoms with van der Waals surface area (Å²) in [4.78, 5) is 25.6. The van der Waals surface area contributed by atoms with Crippen LogP contribution >= 0.6 is 0 Å². The van der Waals surface area contributed by atoms with Gasteiger partial charge in [0.2, 0.25) is 0 Å². The number of hydrogen-bond acceptors (Lipinski definition) is 7. The molecule has 7 nitrogen and oxygen atoms in total.